The van der Waals surface area contributed by atoms with Crippen LogP contribution in [-0.2, 0) is 0 Å². The summed E-state index contributed by atoms with van der Waals surface area (Å²) in [5, 5.41) is 2.92. The number of hydrogen-bond donors (Lipinski definition) is 2. The van der Waals surface area contributed by atoms with Gasteiger partial charge in [0.25, 0.3) is 5.91 Å². The summed E-state index contributed by atoms with van der Waals surface area (Å²) in [6.45, 7) is 4.72. The number of likely N-dealkylation sites (N-methyl/N-ethyl adjacent to an activating group) is 1. The number of nitrogens with zero attached hydrogens (tertiary/aromatic N) is 1. The molecule has 0 aromatic heterocycles. The van der Waals surface area contributed by atoms with Crippen LogP contribution >= 0.6 is 15.9 Å². The van der Waals surface area contributed by atoms with Crippen LogP contribution < -0.4 is 11.1 Å². The zero-order chi connectivity index (χ0) is 13.9. The van der Waals surface area contributed by atoms with E-state index in [0.29, 0.717) is 17.8 Å². The Hall–Kier alpha value is -1.07. The number of halogens is 1. The predicted molar refractivity (Wildman–Crippen MR) is 78.7 cm³/mol. The van der Waals surface area contributed by atoms with Gasteiger partial charge in [0.1, 0.15) is 0 Å². The molecule has 0 unspecified atom stereocenters. The lowest BCUT2D eigenvalue weighted by molar-refractivity contribution is 0.0919. The molecule has 4 nitrogen and oxygen atoms in total. The number of nitrogen functional groups attached to an aromatic ring is 1. The van der Waals surface area contributed by atoms with Crippen molar-refractivity contribution in [1.29, 1.82) is 0 Å². The molecule has 0 heterocycles. The SMILES string of the molecule is CN(C)C(C)(C)CNC(=O)c1ccc(Br)c(N)c1. The molecular weight excluding hydrogens is 294 g/mol. The third kappa shape index (κ3) is 3.71. The lowest BCUT2D eigenvalue weighted by atomic mass is 10.0. The minimum absolute atomic E-state index is 0.0867. The van der Waals surface area contributed by atoms with Gasteiger partial charge in [-0.2, -0.15) is 0 Å². The quantitative estimate of drug-likeness (QED) is 0.837. The molecule has 5 heteroatoms. The molecule has 3 N–H and O–H groups in total. The van der Waals surface area contributed by atoms with Gasteiger partial charge in [0, 0.05) is 27.8 Å². The van der Waals surface area contributed by atoms with E-state index in [1.807, 2.05) is 14.1 Å². The molecule has 0 bridgehead atoms. The van der Waals surface area contributed by atoms with Crippen LogP contribution in [0.15, 0.2) is 22.7 Å². The van der Waals surface area contributed by atoms with Gasteiger partial charge in [0.15, 0.2) is 0 Å². The van der Waals surface area contributed by atoms with Crippen LogP contribution in [0.25, 0.3) is 0 Å². The first-order valence-corrected chi connectivity index (χ1v) is 6.54. The molecule has 100 valence electrons. The maximum absolute atomic E-state index is 12.0. The molecule has 1 rings (SSSR count). The average molecular weight is 314 g/mol. The van der Waals surface area contributed by atoms with Crippen LogP contribution in [0.2, 0.25) is 0 Å². The van der Waals surface area contributed by atoms with Gasteiger partial charge in [-0.1, -0.05) is 0 Å². The number of anilines is 1. The number of amides is 1. The van der Waals surface area contributed by atoms with E-state index in [9.17, 15) is 4.79 Å². The highest BCUT2D eigenvalue weighted by atomic mass is 79.9. The van der Waals surface area contributed by atoms with Crippen molar-refractivity contribution < 1.29 is 4.79 Å². The van der Waals surface area contributed by atoms with Gasteiger partial charge in [-0.05, 0) is 62.1 Å². The fourth-order valence-corrected chi connectivity index (χ4v) is 1.49. The average Bonchev–Trinajstić information content (AvgIpc) is 2.29. The molecule has 1 aromatic rings. The number of nitrogens with two attached hydrogens (primary N) is 1. The molecular formula is C13H20BrN3O. The summed E-state index contributed by atoms with van der Waals surface area (Å²) >= 11 is 3.30. The Morgan fingerprint density at radius 2 is 2.06 bits per heavy atom. The molecule has 0 aliphatic carbocycles. The van der Waals surface area contributed by atoms with Crippen LogP contribution in [0.4, 0.5) is 5.69 Å². The summed E-state index contributed by atoms with van der Waals surface area (Å²) in [6, 6.07) is 5.20. The first-order chi connectivity index (χ1) is 8.24. The van der Waals surface area contributed by atoms with Crippen molar-refractivity contribution in [1.82, 2.24) is 10.2 Å². The zero-order valence-electron chi connectivity index (χ0n) is 11.2. The number of rotatable bonds is 4. The molecule has 18 heavy (non-hydrogen) atoms. The monoisotopic (exact) mass is 313 g/mol. The molecule has 0 aliphatic heterocycles. The second-order valence-electron chi connectivity index (χ2n) is 5.13. The molecule has 0 spiro atoms. The van der Waals surface area contributed by atoms with E-state index in [4.69, 9.17) is 5.73 Å². The molecule has 0 aliphatic rings. The van der Waals surface area contributed by atoms with Gasteiger partial charge in [-0.25, -0.2) is 0 Å². The van der Waals surface area contributed by atoms with Crippen molar-refractivity contribution in [3.8, 4) is 0 Å². The van der Waals surface area contributed by atoms with Gasteiger partial charge in [0.05, 0.1) is 0 Å². The topological polar surface area (TPSA) is 58.4 Å². The lowest BCUT2D eigenvalue weighted by Gasteiger charge is -2.32. The smallest absolute Gasteiger partial charge is 0.251 e. The van der Waals surface area contributed by atoms with Gasteiger partial charge in [-0.15, -0.1) is 0 Å². The summed E-state index contributed by atoms with van der Waals surface area (Å²) in [4.78, 5) is 14.0. The molecule has 0 radical (unpaired) electrons. The molecule has 1 amide bonds. The first kappa shape index (κ1) is 15.0. The van der Waals surface area contributed by atoms with Gasteiger partial charge in [-0.3, -0.25) is 4.79 Å². The largest absolute Gasteiger partial charge is 0.398 e. The Kier molecular flexibility index (Phi) is 4.76. The van der Waals surface area contributed by atoms with E-state index < -0.39 is 0 Å². The summed E-state index contributed by atoms with van der Waals surface area (Å²) in [7, 11) is 3.98. The first-order valence-electron chi connectivity index (χ1n) is 5.74. The molecule has 0 saturated heterocycles. The zero-order valence-corrected chi connectivity index (χ0v) is 12.8. The van der Waals surface area contributed by atoms with Crippen LogP contribution in [0, 0.1) is 0 Å². The van der Waals surface area contributed by atoms with E-state index in [1.54, 1.807) is 18.2 Å². The van der Waals surface area contributed by atoms with Crippen molar-refractivity contribution in [2.45, 2.75) is 19.4 Å². The number of carbonyl (C=O) groups is 1. The van der Waals surface area contributed by atoms with Crippen molar-refractivity contribution in [3.05, 3.63) is 28.2 Å². The Labute approximate surface area is 117 Å². The third-order valence-corrected chi connectivity index (χ3v) is 3.87. The Bertz CT molecular complexity index is 444. The second kappa shape index (κ2) is 5.71. The molecule has 1 aromatic carbocycles. The van der Waals surface area contributed by atoms with Crippen LogP contribution in [0.3, 0.4) is 0 Å². The van der Waals surface area contributed by atoms with Gasteiger partial charge < -0.3 is 16.0 Å². The van der Waals surface area contributed by atoms with E-state index in [-0.39, 0.29) is 11.4 Å². The number of hydrogen-bond acceptors (Lipinski definition) is 3. The maximum Gasteiger partial charge on any atom is 0.251 e. The molecule has 0 atom stereocenters. The van der Waals surface area contributed by atoms with Crippen LogP contribution in [0.5, 0.6) is 0 Å². The normalized spacial score (nSPS) is 11.7. The number of benzene rings is 1. The van der Waals surface area contributed by atoms with Crippen molar-refractivity contribution in [2.24, 2.45) is 0 Å². The summed E-state index contributed by atoms with van der Waals surface area (Å²) < 4.78 is 0.799. The van der Waals surface area contributed by atoms with Crippen LogP contribution in [-0.4, -0.2) is 37.0 Å². The van der Waals surface area contributed by atoms with E-state index in [2.05, 4.69) is 40.0 Å². The van der Waals surface area contributed by atoms with E-state index in [0.717, 1.165) is 4.47 Å². The lowest BCUT2D eigenvalue weighted by Crippen LogP contribution is -2.48. The highest BCUT2D eigenvalue weighted by molar-refractivity contribution is 9.10. The van der Waals surface area contributed by atoms with Crippen LogP contribution in [0.1, 0.15) is 24.2 Å². The maximum atomic E-state index is 12.0. The minimum atomic E-state index is -0.107. The number of carbonyl (C=O) groups excluding carboxylic acids is 1. The minimum Gasteiger partial charge on any atom is -0.398 e. The summed E-state index contributed by atoms with van der Waals surface area (Å²) in [5.74, 6) is -0.107. The Morgan fingerprint density at radius 3 is 2.56 bits per heavy atom. The van der Waals surface area contributed by atoms with E-state index in [1.165, 1.54) is 0 Å². The number of nitrogens with one attached hydrogen (secondary N) is 1. The fourth-order valence-electron chi connectivity index (χ4n) is 1.24. The molecule has 0 fully saturated rings. The third-order valence-electron chi connectivity index (χ3n) is 3.15. The van der Waals surface area contributed by atoms with E-state index >= 15 is 0 Å². The summed E-state index contributed by atoms with van der Waals surface area (Å²) in [6.07, 6.45) is 0. The molecule has 0 saturated carbocycles. The van der Waals surface area contributed by atoms with Gasteiger partial charge >= 0.3 is 0 Å². The predicted octanol–water partition coefficient (Wildman–Crippen LogP) is 2.10. The Balaban J connectivity index is 2.69. The van der Waals surface area contributed by atoms with Crippen molar-refractivity contribution in [2.75, 3.05) is 26.4 Å². The second-order valence-corrected chi connectivity index (χ2v) is 5.98. The Morgan fingerprint density at radius 1 is 1.44 bits per heavy atom. The van der Waals surface area contributed by atoms with Crippen molar-refractivity contribution in [3.63, 3.8) is 0 Å². The highest BCUT2D eigenvalue weighted by Gasteiger charge is 2.21. The van der Waals surface area contributed by atoms with Gasteiger partial charge in [0.2, 0.25) is 0 Å². The highest BCUT2D eigenvalue weighted by Crippen LogP contribution is 2.20. The summed E-state index contributed by atoms with van der Waals surface area (Å²) in [5.41, 5.74) is 6.81. The standard InChI is InChI=1S/C13H20BrN3O/c1-13(2,17(3)4)8-16-12(18)9-5-6-10(14)11(15)7-9/h5-7H,8,15H2,1-4H3,(H,16,18). The fraction of sp³-hybridized carbons (Fsp3) is 0.462. The van der Waals surface area contributed by atoms with Crippen molar-refractivity contribution >= 4 is 27.5 Å².